The second kappa shape index (κ2) is 11.8. The van der Waals surface area contributed by atoms with Crippen LogP contribution in [0.15, 0.2) is 96.6 Å². The van der Waals surface area contributed by atoms with Crippen molar-refractivity contribution in [2.75, 3.05) is 19.6 Å². The Morgan fingerprint density at radius 2 is 1.34 bits per heavy atom. The smallest absolute Gasteiger partial charge is 0.0713 e. The number of piperidine rings is 1. The molecule has 6 rings (SSSR count). The Labute approximate surface area is 232 Å². The van der Waals surface area contributed by atoms with Crippen molar-refractivity contribution in [3.8, 4) is 6.07 Å². The van der Waals surface area contributed by atoms with Crippen LogP contribution in [0.1, 0.15) is 59.4 Å². The van der Waals surface area contributed by atoms with Gasteiger partial charge < -0.3 is 4.90 Å². The molecule has 2 nitrogen and oxygen atoms in total. The molecule has 1 heterocycles. The van der Waals surface area contributed by atoms with E-state index < -0.39 is 0 Å². The first-order valence-electron chi connectivity index (χ1n) is 13.5. The molecule has 4 aromatic rings. The summed E-state index contributed by atoms with van der Waals surface area (Å²) in [5.41, 5.74) is 9.49. The predicted octanol–water partition coefficient (Wildman–Crippen LogP) is 8.73. The van der Waals surface area contributed by atoms with Crippen LogP contribution in [-0.2, 0) is 0 Å². The van der Waals surface area contributed by atoms with E-state index in [1.54, 1.807) is 5.57 Å². The molecule has 0 saturated carbocycles. The van der Waals surface area contributed by atoms with Crippen LogP contribution in [0.5, 0.6) is 0 Å². The molecule has 190 valence electrons. The lowest BCUT2D eigenvalue weighted by molar-refractivity contribution is 0.251. The third-order valence-corrected chi connectivity index (χ3v) is 8.01. The molecule has 0 aromatic heterocycles. The number of nitrogens with zero attached hydrogens (tertiary/aromatic N) is 2. The monoisotopic (exact) mass is 516 g/mol. The number of likely N-dealkylation sites (tertiary alicyclic amines) is 1. The zero-order chi connectivity index (χ0) is 25.0. The van der Waals surface area contributed by atoms with Gasteiger partial charge in [-0.05, 0) is 82.5 Å². The molecule has 1 fully saturated rings. The molecule has 1 atom stereocenters. The van der Waals surface area contributed by atoms with Gasteiger partial charge in [0.25, 0.3) is 0 Å². The van der Waals surface area contributed by atoms with E-state index in [2.05, 4.69) is 114 Å². The molecule has 0 amide bonds. The van der Waals surface area contributed by atoms with Gasteiger partial charge in [-0.15, -0.1) is 12.4 Å². The van der Waals surface area contributed by atoms with Crippen LogP contribution >= 0.6 is 12.4 Å². The van der Waals surface area contributed by atoms with Crippen LogP contribution in [0.3, 0.4) is 0 Å². The highest BCUT2D eigenvalue weighted by Crippen LogP contribution is 2.38. The van der Waals surface area contributed by atoms with Crippen LogP contribution in [0, 0.1) is 11.3 Å². The van der Waals surface area contributed by atoms with E-state index in [1.165, 1.54) is 38.6 Å². The highest BCUT2D eigenvalue weighted by atomic mass is 35.5. The van der Waals surface area contributed by atoms with Crippen LogP contribution in [-0.4, -0.2) is 24.5 Å². The topological polar surface area (TPSA) is 27.0 Å². The molecule has 1 unspecified atom stereocenters. The fraction of sp³-hybridized carbons (Fsp3) is 0.229. The number of hydrogen-bond acceptors (Lipinski definition) is 2. The minimum atomic E-state index is -0.0430. The maximum atomic E-state index is 9.88. The van der Waals surface area contributed by atoms with Gasteiger partial charge in [-0.1, -0.05) is 103 Å². The van der Waals surface area contributed by atoms with E-state index in [0.29, 0.717) is 0 Å². The summed E-state index contributed by atoms with van der Waals surface area (Å²) < 4.78 is 0. The van der Waals surface area contributed by atoms with E-state index in [-0.39, 0.29) is 18.3 Å². The molecule has 0 bridgehead atoms. The van der Waals surface area contributed by atoms with Gasteiger partial charge in [0.1, 0.15) is 0 Å². The van der Waals surface area contributed by atoms with Crippen LogP contribution < -0.4 is 0 Å². The number of nitriles is 1. The summed E-state index contributed by atoms with van der Waals surface area (Å²) in [4.78, 5) is 2.59. The fourth-order valence-electron chi connectivity index (χ4n) is 5.99. The molecule has 4 aromatic carbocycles. The van der Waals surface area contributed by atoms with E-state index >= 15 is 0 Å². The van der Waals surface area contributed by atoms with Crippen molar-refractivity contribution in [3.05, 3.63) is 124 Å². The fourth-order valence-corrected chi connectivity index (χ4v) is 5.99. The second-order valence-corrected chi connectivity index (χ2v) is 10.3. The SMILES string of the molecule is Cl.N#CC(CCCN1CCC(=C2c3ccccc3C=Cc3ccccc32)CC1)c1ccc2ccccc2c1. The first-order chi connectivity index (χ1) is 18.3. The van der Waals surface area contributed by atoms with Crippen molar-refractivity contribution in [2.45, 2.75) is 31.6 Å². The predicted molar refractivity (Wildman–Crippen MR) is 162 cm³/mol. The first-order valence-corrected chi connectivity index (χ1v) is 13.5. The summed E-state index contributed by atoms with van der Waals surface area (Å²) in [6.45, 7) is 3.23. The van der Waals surface area contributed by atoms with Gasteiger partial charge >= 0.3 is 0 Å². The molecule has 38 heavy (non-hydrogen) atoms. The number of rotatable bonds is 5. The Kier molecular flexibility index (Phi) is 8.08. The number of benzene rings is 4. The van der Waals surface area contributed by atoms with Gasteiger partial charge in [-0.25, -0.2) is 0 Å². The lowest BCUT2D eigenvalue weighted by atomic mass is 9.86. The largest absolute Gasteiger partial charge is 0.303 e. The molecule has 1 saturated heterocycles. The Bertz CT molecular complexity index is 1480. The molecule has 2 aliphatic rings. The van der Waals surface area contributed by atoms with Crippen molar-refractivity contribution >= 4 is 40.9 Å². The van der Waals surface area contributed by atoms with Crippen LogP contribution in [0.4, 0.5) is 0 Å². The van der Waals surface area contributed by atoms with Crippen molar-refractivity contribution in [2.24, 2.45) is 0 Å². The average molecular weight is 517 g/mol. The molecule has 0 radical (unpaired) electrons. The standard InChI is InChI=1S/C35H32N2.ClH/c36-25-32(31-18-15-26-8-1-2-11-30(26)24-31)12-7-21-37-22-19-29(20-23-37)35-33-13-5-3-9-27(33)16-17-28-10-4-6-14-34(28)35;/h1-6,8-11,13-18,24,32H,7,12,19-23H2;1H. The lowest BCUT2D eigenvalue weighted by Crippen LogP contribution is -2.32. The summed E-state index contributed by atoms with van der Waals surface area (Å²) in [5.74, 6) is -0.0430. The second-order valence-electron chi connectivity index (χ2n) is 10.3. The number of hydrogen-bond donors (Lipinski definition) is 0. The highest BCUT2D eigenvalue weighted by molar-refractivity contribution is 5.95. The first kappa shape index (κ1) is 26.0. The Hall–Kier alpha value is -3.64. The molecule has 0 spiro atoms. The molecular formula is C35H33ClN2. The van der Waals surface area contributed by atoms with Gasteiger partial charge in [0, 0.05) is 13.1 Å². The summed E-state index contributed by atoms with van der Waals surface area (Å²) in [5, 5.41) is 12.3. The van der Waals surface area contributed by atoms with Crippen molar-refractivity contribution in [3.63, 3.8) is 0 Å². The van der Waals surface area contributed by atoms with Gasteiger partial charge in [-0.3, -0.25) is 0 Å². The zero-order valence-corrected chi connectivity index (χ0v) is 22.5. The minimum Gasteiger partial charge on any atom is -0.303 e. The molecule has 0 N–H and O–H groups in total. The normalized spacial score (nSPS) is 15.7. The quantitative estimate of drug-likeness (QED) is 0.233. The van der Waals surface area contributed by atoms with Gasteiger partial charge in [0.2, 0.25) is 0 Å². The Balaban J connectivity index is 0.00000294. The van der Waals surface area contributed by atoms with Crippen LogP contribution in [0.25, 0.3) is 28.5 Å². The van der Waals surface area contributed by atoms with E-state index in [1.807, 2.05) is 0 Å². The van der Waals surface area contributed by atoms with Gasteiger partial charge in [0.05, 0.1) is 12.0 Å². The van der Waals surface area contributed by atoms with Crippen molar-refractivity contribution in [1.29, 1.82) is 5.26 Å². The van der Waals surface area contributed by atoms with Crippen molar-refractivity contribution < 1.29 is 0 Å². The van der Waals surface area contributed by atoms with Gasteiger partial charge in [0.15, 0.2) is 0 Å². The summed E-state index contributed by atoms with van der Waals surface area (Å²) >= 11 is 0. The van der Waals surface area contributed by atoms with Crippen LogP contribution in [0.2, 0.25) is 0 Å². The van der Waals surface area contributed by atoms with E-state index in [4.69, 9.17) is 0 Å². The molecule has 1 aliphatic carbocycles. The van der Waals surface area contributed by atoms with E-state index in [0.717, 1.165) is 50.9 Å². The maximum absolute atomic E-state index is 9.88. The third-order valence-electron chi connectivity index (χ3n) is 8.01. The van der Waals surface area contributed by atoms with Gasteiger partial charge in [-0.2, -0.15) is 5.26 Å². The number of fused-ring (bicyclic) bond motifs is 3. The van der Waals surface area contributed by atoms with Crippen molar-refractivity contribution in [1.82, 2.24) is 4.90 Å². The molecular weight excluding hydrogens is 484 g/mol. The Morgan fingerprint density at radius 3 is 2.00 bits per heavy atom. The summed E-state index contributed by atoms with van der Waals surface area (Å²) in [6, 6.07) is 35.1. The van der Waals surface area contributed by atoms with E-state index in [9.17, 15) is 5.26 Å². The maximum Gasteiger partial charge on any atom is 0.0713 e. The summed E-state index contributed by atoms with van der Waals surface area (Å²) in [6.07, 6.45) is 8.68. The summed E-state index contributed by atoms with van der Waals surface area (Å²) in [7, 11) is 0. The molecule has 3 heteroatoms. The molecule has 1 aliphatic heterocycles. The Morgan fingerprint density at radius 1 is 0.737 bits per heavy atom. The minimum absolute atomic E-state index is 0. The average Bonchev–Trinajstić information content (AvgIpc) is 3.12. The number of halogens is 1. The zero-order valence-electron chi connectivity index (χ0n) is 21.6. The lowest BCUT2D eigenvalue weighted by Gasteiger charge is -2.30. The highest BCUT2D eigenvalue weighted by Gasteiger charge is 2.22. The third kappa shape index (κ3) is 5.32.